The molecule has 1 aromatic rings. The topological polar surface area (TPSA) is 20.2 Å². The van der Waals surface area contributed by atoms with E-state index in [1.165, 1.54) is 5.56 Å². The molecule has 1 aromatic carbocycles. The van der Waals surface area contributed by atoms with Gasteiger partial charge in [0.2, 0.25) is 0 Å². The average Bonchev–Trinajstić information content (AvgIpc) is 2.09. The first-order chi connectivity index (χ1) is 5.97. The van der Waals surface area contributed by atoms with Gasteiger partial charge in [-0.25, -0.2) is 0 Å². The Morgan fingerprint density at radius 2 is 1.92 bits per heavy atom. The molecular formula is C12H18O. The molecule has 72 valence electrons. The molecule has 1 atom stereocenters. The molecule has 0 heterocycles. The van der Waals surface area contributed by atoms with Crippen LogP contribution in [0, 0.1) is 13.8 Å². The van der Waals surface area contributed by atoms with Crippen LogP contribution in [0.15, 0.2) is 18.2 Å². The van der Waals surface area contributed by atoms with Gasteiger partial charge in [-0.1, -0.05) is 30.7 Å². The van der Waals surface area contributed by atoms with Crippen LogP contribution in [0.25, 0.3) is 0 Å². The normalized spacial score (nSPS) is 15.5. The molecule has 0 spiro atoms. The van der Waals surface area contributed by atoms with E-state index < -0.39 is 5.60 Å². The number of benzene rings is 1. The lowest BCUT2D eigenvalue weighted by Crippen LogP contribution is -2.21. The van der Waals surface area contributed by atoms with Crippen LogP contribution in [0.2, 0.25) is 0 Å². The van der Waals surface area contributed by atoms with Gasteiger partial charge < -0.3 is 5.11 Å². The molecule has 0 fully saturated rings. The van der Waals surface area contributed by atoms with Crippen LogP contribution >= 0.6 is 0 Å². The highest BCUT2D eigenvalue weighted by Crippen LogP contribution is 2.27. The number of aryl methyl sites for hydroxylation is 2. The van der Waals surface area contributed by atoms with Gasteiger partial charge in [-0.05, 0) is 38.3 Å². The van der Waals surface area contributed by atoms with Gasteiger partial charge in [-0.15, -0.1) is 0 Å². The molecule has 1 N–H and O–H groups in total. The van der Waals surface area contributed by atoms with Crippen LogP contribution in [-0.2, 0) is 5.60 Å². The molecule has 0 aliphatic carbocycles. The summed E-state index contributed by atoms with van der Waals surface area (Å²) in [6.45, 7) is 7.96. The van der Waals surface area contributed by atoms with Crippen LogP contribution in [0.3, 0.4) is 0 Å². The SMILES string of the molecule is CC[C@@](C)(O)c1cc(C)ccc1C. The van der Waals surface area contributed by atoms with E-state index in [1.54, 1.807) is 0 Å². The lowest BCUT2D eigenvalue weighted by atomic mass is 9.89. The quantitative estimate of drug-likeness (QED) is 0.738. The first-order valence-corrected chi connectivity index (χ1v) is 4.77. The molecule has 1 heteroatoms. The fourth-order valence-electron chi connectivity index (χ4n) is 1.51. The van der Waals surface area contributed by atoms with Crippen molar-refractivity contribution in [3.63, 3.8) is 0 Å². The second-order valence-corrected chi connectivity index (χ2v) is 3.95. The van der Waals surface area contributed by atoms with E-state index in [1.807, 2.05) is 20.8 Å². The molecule has 0 saturated heterocycles. The highest BCUT2D eigenvalue weighted by atomic mass is 16.3. The fraction of sp³-hybridized carbons (Fsp3) is 0.500. The minimum atomic E-state index is -0.684. The molecular weight excluding hydrogens is 160 g/mol. The van der Waals surface area contributed by atoms with Crippen LogP contribution in [0.5, 0.6) is 0 Å². The molecule has 0 bridgehead atoms. The van der Waals surface area contributed by atoms with Crippen LogP contribution < -0.4 is 0 Å². The molecule has 0 aliphatic rings. The van der Waals surface area contributed by atoms with Gasteiger partial charge in [-0.2, -0.15) is 0 Å². The van der Waals surface area contributed by atoms with Crippen molar-refractivity contribution in [1.82, 2.24) is 0 Å². The van der Waals surface area contributed by atoms with E-state index in [-0.39, 0.29) is 0 Å². The summed E-state index contributed by atoms with van der Waals surface area (Å²) in [7, 11) is 0. The third kappa shape index (κ3) is 2.10. The average molecular weight is 178 g/mol. The van der Waals surface area contributed by atoms with Crippen molar-refractivity contribution in [2.45, 2.75) is 39.7 Å². The molecule has 13 heavy (non-hydrogen) atoms. The van der Waals surface area contributed by atoms with Crippen LogP contribution in [-0.4, -0.2) is 5.11 Å². The van der Waals surface area contributed by atoms with Crippen molar-refractivity contribution in [1.29, 1.82) is 0 Å². The van der Waals surface area contributed by atoms with Gasteiger partial charge >= 0.3 is 0 Å². The summed E-state index contributed by atoms with van der Waals surface area (Å²) in [5, 5.41) is 10.1. The maximum Gasteiger partial charge on any atom is 0.0868 e. The van der Waals surface area contributed by atoms with Crippen molar-refractivity contribution < 1.29 is 5.11 Å². The van der Waals surface area contributed by atoms with Gasteiger partial charge in [0.1, 0.15) is 0 Å². The van der Waals surface area contributed by atoms with Gasteiger partial charge in [0.15, 0.2) is 0 Å². The van der Waals surface area contributed by atoms with E-state index in [2.05, 4.69) is 25.1 Å². The second-order valence-electron chi connectivity index (χ2n) is 3.95. The smallest absolute Gasteiger partial charge is 0.0868 e. The zero-order valence-corrected chi connectivity index (χ0v) is 8.89. The van der Waals surface area contributed by atoms with Crippen LogP contribution in [0.4, 0.5) is 0 Å². The van der Waals surface area contributed by atoms with Gasteiger partial charge in [0.25, 0.3) is 0 Å². The molecule has 0 amide bonds. The Bertz CT molecular complexity index is 300. The monoisotopic (exact) mass is 178 g/mol. The highest BCUT2D eigenvalue weighted by Gasteiger charge is 2.22. The summed E-state index contributed by atoms with van der Waals surface area (Å²) in [4.78, 5) is 0. The summed E-state index contributed by atoms with van der Waals surface area (Å²) in [6.07, 6.45) is 0.747. The predicted octanol–water partition coefficient (Wildman–Crippen LogP) is 2.92. The van der Waals surface area contributed by atoms with E-state index in [0.29, 0.717) is 0 Å². The van der Waals surface area contributed by atoms with E-state index >= 15 is 0 Å². The zero-order chi connectivity index (χ0) is 10.1. The molecule has 0 aliphatic heterocycles. The Hall–Kier alpha value is -0.820. The summed E-state index contributed by atoms with van der Waals surface area (Å²) >= 11 is 0. The van der Waals surface area contributed by atoms with Crippen molar-refractivity contribution in [3.05, 3.63) is 34.9 Å². The first-order valence-electron chi connectivity index (χ1n) is 4.77. The summed E-state index contributed by atoms with van der Waals surface area (Å²) in [6, 6.07) is 6.21. The lowest BCUT2D eigenvalue weighted by Gasteiger charge is -2.24. The largest absolute Gasteiger partial charge is 0.385 e. The van der Waals surface area contributed by atoms with Crippen molar-refractivity contribution in [2.75, 3.05) is 0 Å². The van der Waals surface area contributed by atoms with E-state index in [0.717, 1.165) is 17.5 Å². The van der Waals surface area contributed by atoms with Gasteiger partial charge in [0.05, 0.1) is 5.60 Å². The summed E-state index contributed by atoms with van der Waals surface area (Å²) in [5.41, 5.74) is 2.73. The highest BCUT2D eigenvalue weighted by molar-refractivity contribution is 5.34. The zero-order valence-electron chi connectivity index (χ0n) is 8.89. The van der Waals surface area contributed by atoms with Gasteiger partial charge in [-0.3, -0.25) is 0 Å². The summed E-state index contributed by atoms with van der Waals surface area (Å²) < 4.78 is 0. The first kappa shape index (κ1) is 10.3. The Morgan fingerprint density at radius 1 is 1.31 bits per heavy atom. The lowest BCUT2D eigenvalue weighted by molar-refractivity contribution is 0.0524. The number of rotatable bonds is 2. The third-order valence-electron chi connectivity index (χ3n) is 2.66. The number of hydrogen-bond donors (Lipinski definition) is 1. The molecule has 0 radical (unpaired) electrons. The number of aliphatic hydroxyl groups is 1. The third-order valence-corrected chi connectivity index (χ3v) is 2.66. The van der Waals surface area contributed by atoms with Crippen molar-refractivity contribution in [2.24, 2.45) is 0 Å². The minimum absolute atomic E-state index is 0.684. The molecule has 0 unspecified atom stereocenters. The Morgan fingerprint density at radius 3 is 2.46 bits per heavy atom. The maximum absolute atomic E-state index is 10.1. The molecule has 0 saturated carbocycles. The Labute approximate surface area is 80.4 Å². The predicted molar refractivity (Wildman–Crippen MR) is 55.8 cm³/mol. The number of hydrogen-bond acceptors (Lipinski definition) is 1. The Balaban J connectivity index is 3.20. The van der Waals surface area contributed by atoms with E-state index in [9.17, 15) is 5.11 Å². The van der Waals surface area contributed by atoms with Gasteiger partial charge in [0, 0.05) is 0 Å². The minimum Gasteiger partial charge on any atom is -0.385 e. The van der Waals surface area contributed by atoms with Crippen molar-refractivity contribution >= 4 is 0 Å². The molecule has 1 rings (SSSR count). The standard InChI is InChI=1S/C12H18O/c1-5-12(4,13)11-8-9(2)6-7-10(11)3/h6-8,13H,5H2,1-4H3/t12-/m1/s1. The van der Waals surface area contributed by atoms with E-state index in [4.69, 9.17) is 0 Å². The molecule has 1 nitrogen and oxygen atoms in total. The second kappa shape index (κ2) is 3.51. The molecule has 0 aromatic heterocycles. The maximum atomic E-state index is 10.1. The Kier molecular flexibility index (Phi) is 2.77. The van der Waals surface area contributed by atoms with Crippen molar-refractivity contribution in [3.8, 4) is 0 Å². The summed E-state index contributed by atoms with van der Waals surface area (Å²) in [5.74, 6) is 0. The van der Waals surface area contributed by atoms with Crippen LogP contribution in [0.1, 0.15) is 37.0 Å². The fourth-order valence-corrected chi connectivity index (χ4v) is 1.51.